The standard InChI is InChI=1S/C19H17F2NO2/c1-19(2)8-15-16-12(9-24-15)10(5-7-14(16)22-19)11-4-6-13(20)17(21)18(11)23-3/h4-8,22H,9H2,1-3H3. The van der Waals surface area contributed by atoms with Gasteiger partial charge >= 0.3 is 0 Å². The van der Waals surface area contributed by atoms with E-state index in [4.69, 9.17) is 9.47 Å². The van der Waals surface area contributed by atoms with Crippen LogP contribution in [0.3, 0.4) is 0 Å². The van der Waals surface area contributed by atoms with Crippen LogP contribution >= 0.6 is 0 Å². The van der Waals surface area contributed by atoms with Crippen LogP contribution in [0.4, 0.5) is 14.5 Å². The summed E-state index contributed by atoms with van der Waals surface area (Å²) in [5.41, 5.74) is 4.02. The van der Waals surface area contributed by atoms with Gasteiger partial charge in [-0.3, -0.25) is 0 Å². The molecule has 0 atom stereocenters. The molecule has 0 amide bonds. The second kappa shape index (κ2) is 4.97. The molecule has 2 aromatic carbocycles. The normalized spacial score (nSPS) is 16.8. The molecule has 124 valence electrons. The lowest BCUT2D eigenvalue weighted by atomic mass is 9.89. The van der Waals surface area contributed by atoms with Gasteiger partial charge in [-0.2, -0.15) is 4.39 Å². The maximum Gasteiger partial charge on any atom is 0.201 e. The molecule has 0 saturated heterocycles. The topological polar surface area (TPSA) is 30.5 Å². The van der Waals surface area contributed by atoms with Crippen molar-refractivity contribution in [1.82, 2.24) is 0 Å². The van der Waals surface area contributed by atoms with Gasteiger partial charge in [-0.15, -0.1) is 0 Å². The van der Waals surface area contributed by atoms with Gasteiger partial charge in [0.1, 0.15) is 12.4 Å². The number of nitrogens with one attached hydrogen (secondary N) is 1. The zero-order chi connectivity index (χ0) is 17.1. The van der Waals surface area contributed by atoms with E-state index in [-0.39, 0.29) is 11.3 Å². The van der Waals surface area contributed by atoms with Crippen LogP contribution in [-0.2, 0) is 11.3 Å². The number of methoxy groups -OCH3 is 1. The highest BCUT2D eigenvalue weighted by molar-refractivity contribution is 5.88. The fraction of sp³-hybridized carbons (Fsp3) is 0.263. The van der Waals surface area contributed by atoms with Crippen molar-refractivity contribution in [3.8, 4) is 16.9 Å². The first-order chi connectivity index (χ1) is 11.4. The molecule has 0 bridgehead atoms. The minimum atomic E-state index is -0.978. The van der Waals surface area contributed by atoms with Crippen LogP contribution in [0.15, 0.2) is 30.3 Å². The lowest BCUT2D eigenvalue weighted by Gasteiger charge is -2.30. The lowest BCUT2D eigenvalue weighted by molar-refractivity contribution is 0.283. The van der Waals surface area contributed by atoms with Crippen LogP contribution < -0.4 is 10.1 Å². The minimum absolute atomic E-state index is 0.0901. The third-order valence-corrected chi connectivity index (χ3v) is 4.42. The van der Waals surface area contributed by atoms with Crippen LogP contribution in [0.2, 0.25) is 0 Å². The number of halogens is 2. The van der Waals surface area contributed by atoms with E-state index in [0.717, 1.165) is 34.2 Å². The third kappa shape index (κ3) is 2.08. The van der Waals surface area contributed by atoms with Crippen LogP contribution in [0.25, 0.3) is 16.9 Å². The van der Waals surface area contributed by atoms with Crippen LogP contribution in [-0.4, -0.2) is 12.6 Å². The summed E-state index contributed by atoms with van der Waals surface area (Å²) in [6, 6.07) is 6.49. The van der Waals surface area contributed by atoms with Gasteiger partial charge in [0, 0.05) is 22.4 Å². The molecule has 2 aromatic rings. The van der Waals surface area contributed by atoms with E-state index in [2.05, 4.69) is 19.2 Å². The molecular formula is C19H17F2NO2. The van der Waals surface area contributed by atoms with Crippen molar-refractivity contribution in [2.24, 2.45) is 0 Å². The molecule has 5 heteroatoms. The van der Waals surface area contributed by atoms with Crippen LogP contribution in [0.1, 0.15) is 25.0 Å². The van der Waals surface area contributed by atoms with Gasteiger partial charge < -0.3 is 14.8 Å². The highest BCUT2D eigenvalue weighted by Gasteiger charge is 2.33. The van der Waals surface area contributed by atoms with Crippen molar-refractivity contribution >= 4 is 11.4 Å². The number of hydrogen-bond donors (Lipinski definition) is 1. The molecule has 24 heavy (non-hydrogen) atoms. The van der Waals surface area contributed by atoms with Gasteiger partial charge in [0.05, 0.1) is 12.6 Å². The van der Waals surface area contributed by atoms with Crippen molar-refractivity contribution in [3.63, 3.8) is 0 Å². The zero-order valence-corrected chi connectivity index (χ0v) is 13.7. The Morgan fingerprint density at radius 3 is 2.62 bits per heavy atom. The van der Waals surface area contributed by atoms with Crippen LogP contribution in [0.5, 0.6) is 5.75 Å². The van der Waals surface area contributed by atoms with Gasteiger partial charge in [-0.1, -0.05) is 6.07 Å². The SMILES string of the molecule is COc1c(-c2ccc3c4c2COC4=CC(C)(C)N3)ccc(F)c1F. The molecular weight excluding hydrogens is 312 g/mol. The molecule has 3 nitrogen and oxygen atoms in total. The Kier molecular flexibility index (Phi) is 3.10. The largest absolute Gasteiger partial charge is 0.493 e. The average molecular weight is 329 g/mol. The summed E-state index contributed by atoms with van der Waals surface area (Å²) < 4.78 is 38.6. The van der Waals surface area contributed by atoms with Gasteiger partial charge in [0.15, 0.2) is 11.6 Å². The quantitative estimate of drug-likeness (QED) is 0.865. The molecule has 2 aliphatic heterocycles. The minimum Gasteiger partial charge on any atom is -0.493 e. The molecule has 0 saturated carbocycles. The van der Waals surface area contributed by atoms with Gasteiger partial charge in [0.25, 0.3) is 0 Å². The monoisotopic (exact) mass is 329 g/mol. The Morgan fingerprint density at radius 1 is 1.12 bits per heavy atom. The van der Waals surface area contributed by atoms with Gasteiger partial charge in [-0.05, 0) is 43.7 Å². The predicted octanol–water partition coefficient (Wildman–Crippen LogP) is 4.72. The van der Waals surface area contributed by atoms with Crippen molar-refractivity contribution in [2.75, 3.05) is 12.4 Å². The summed E-state index contributed by atoms with van der Waals surface area (Å²) in [6.07, 6.45) is 2.04. The fourth-order valence-corrected chi connectivity index (χ4v) is 3.43. The second-order valence-corrected chi connectivity index (χ2v) is 6.60. The summed E-state index contributed by atoms with van der Waals surface area (Å²) in [6.45, 7) is 4.53. The first-order valence-corrected chi connectivity index (χ1v) is 7.74. The Hall–Kier alpha value is -2.56. The van der Waals surface area contributed by atoms with Crippen LogP contribution in [0, 0.1) is 11.6 Å². The maximum absolute atomic E-state index is 14.1. The van der Waals surface area contributed by atoms with E-state index >= 15 is 0 Å². The molecule has 2 heterocycles. The van der Waals surface area contributed by atoms with E-state index in [9.17, 15) is 8.78 Å². The summed E-state index contributed by atoms with van der Waals surface area (Å²) in [5, 5.41) is 3.45. The molecule has 0 radical (unpaired) electrons. The summed E-state index contributed by atoms with van der Waals surface area (Å²) in [5.74, 6) is -1.17. The zero-order valence-electron chi connectivity index (χ0n) is 13.7. The maximum atomic E-state index is 14.1. The summed E-state index contributed by atoms with van der Waals surface area (Å²) >= 11 is 0. The number of rotatable bonds is 2. The van der Waals surface area contributed by atoms with E-state index in [1.54, 1.807) is 0 Å². The highest BCUT2D eigenvalue weighted by Crippen LogP contribution is 2.47. The molecule has 0 aromatic heterocycles. The Balaban J connectivity index is 1.94. The van der Waals surface area contributed by atoms with E-state index in [0.29, 0.717) is 12.2 Å². The fourth-order valence-electron chi connectivity index (χ4n) is 3.43. The van der Waals surface area contributed by atoms with E-state index in [1.165, 1.54) is 13.2 Å². The summed E-state index contributed by atoms with van der Waals surface area (Å²) in [4.78, 5) is 0. The number of hydrogen-bond acceptors (Lipinski definition) is 3. The van der Waals surface area contributed by atoms with E-state index in [1.807, 2.05) is 18.2 Å². The van der Waals surface area contributed by atoms with Crippen molar-refractivity contribution in [3.05, 3.63) is 53.1 Å². The molecule has 1 N–H and O–H groups in total. The Morgan fingerprint density at radius 2 is 1.88 bits per heavy atom. The first-order valence-electron chi connectivity index (χ1n) is 7.74. The van der Waals surface area contributed by atoms with Crippen molar-refractivity contribution in [1.29, 1.82) is 0 Å². The molecule has 2 aliphatic rings. The average Bonchev–Trinajstić information content (AvgIpc) is 2.94. The smallest absolute Gasteiger partial charge is 0.201 e. The molecule has 0 spiro atoms. The number of benzene rings is 2. The third-order valence-electron chi connectivity index (χ3n) is 4.42. The van der Waals surface area contributed by atoms with E-state index < -0.39 is 11.6 Å². The lowest BCUT2D eigenvalue weighted by Crippen LogP contribution is -2.31. The number of anilines is 1. The molecule has 4 rings (SSSR count). The first kappa shape index (κ1) is 15.0. The van der Waals surface area contributed by atoms with Crippen molar-refractivity contribution in [2.45, 2.75) is 26.0 Å². The molecule has 0 unspecified atom stereocenters. The van der Waals surface area contributed by atoms with Crippen molar-refractivity contribution < 1.29 is 18.3 Å². The van der Waals surface area contributed by atoms with Gasteiger partial charge in [0.2, 0.25) is 5.82 Å². The number of ether oxygens (including phenoxy) is 2. The van der Waals surface area contributed by atoms with Gasteiger partial charge in [-0.25, -0.2) is 4.39 Å². The molecule has 0 fully saturated rings. The second-order valence-electron chi connectivity index (χ2n) is 6.60. The predicted molar refractivity (Wildman–Crippen MR) is 88.8 cm³/mol. The summed E-state index contributed by atoms with van der Waals surface area (Å²) in [7, 11) is 1.34. The Bertz CT molecular complexity index is 887. The Labute approximate surface area is 138 Å². The highest BCUT2D eigenvalue weighted by atomic mass is 19.2. The molecule has 0 aliphatic carbocycles.